The third-order valence-corrected chi connectivity index (χ3v) is 3.79. The zero-order valence-electron chi connectivity index (χ0n) is 11.7. The second-order valence-corrected chi connectivity index (χ2v) is 5.80. The maximum absolute atomic E-state index is 11.7. The molecule has 5 heteroatoms. The highest BCUT2D eigenvalue weighted by Crippen LogP contribution is 2.29. The fourth-order valence-electron chi connectivity index (χ4n) is 2.20. The normalized spacial score (nSPS) is 10.9. The summed E-state index contributed by atoms with van der Waals surface area (Å²) in [6.07, 6.45) is 0. The molecular weight excluding hydrogens is 323 g/mol. The van der Waals surface area contributed by atoms with E-state index < -0.39 is 5.63 Å². The molecular formula is C17H12Cl2O3. The van der Waals surface area contributed by atoms with Crippen LogP contribution in [0.15, 0.2) is 51.7 Å². The molecule has 22 heavy (non-hydrogen) atoms. The van der Waals surface area contributed by atoms with Crippen LogP contribution in [0.25, 0.3) is 11.0 Å². The van der Waals surface area contributed by atoms with Gasteiger partial charge in [-0.25, -0.2) is 4.79 Å². The Labute approximate surface area is 137 Å². The number of ether oxygens (including phenoxy) is 1. The SMILES string of the molecule is Cc1ccc2c(COc3ccc(Cl)cc3Cl)cc(=O)oc2c1. The Morgan fingerprint density at radius 1 is 1.09 bits per heavy atom. The zero-order valence-corrected chi connectivity index (χ0v) is 13.2. The van der Waals surface area contributed by atoms with Gasteiger partial charge in [0, 0.05) is 22.0 Å². The maximum Gasteiger partial charge on any atom is 0.336 e. The lowest BCUT2D eigenvalue weighted by molar-refractivity contribution is 0.307. The molecule has 0 aliphatic carbocycles. The smallest absolute Gasteiger partial charge is 0.336 e. The Hall–Kier alpha value is -1.97. The first-order chi connectivity index (χ1) is 10.5. The Morgan fingerprint density at radius 2 is 1.91 bits per heavy atom. The van der Waals surface area contributed by atoms with Crippen LogP contribution in [0, 0.1) is 6.92 Å². The fourth-order valence-corrected chi connectivity index (χ4v) is 2.67. The van der Waals surface area contributed by atoms with E-state index in [2.05, 4.69) is 0 Å². The van der Waals surface area contributed by atoms with Crippen molar-refractivity contribution in [3.05, 3.63) is 74.1 Å². The summed E-state index contributed by atoms with van der Waals surface area (Å²) in [6.45, 7) is 2.16. The van der Waals surface area contributed by atoms with Gasteiger partial charge in [0.25, 0.3) is 0 Å². The predicted molar refractivity (Wildman–Crippen MR) is 88.0 cm³/mol. The summed E-state index contributed by atoms with van der Waals surface area (Å²) in [4.78, 5) is 11.7. The van der Waals surface area contributed by atoms with E-state index in [1.54, 1.807) is 18.2 Å². The zero-order chi connectivity index (χ0) is 15.7. The molecule has 112 valence electrons. The van der Waals surface area contributed by atoms with E-state index in [-0.39, 0.29) is 6.61 Å². The molecule has 1 aromatic heterocycles. The first-order valence-electron chi connectivity index (χ1n) is 6.64. The predicted octanol–water partition coefficient (Wildman–Crippen LogP) is 4.99. The minimum absolute atomic E-state index is 0.215. The van der Waals surface area contributed by atoms with Crippen LogP contribution < -0.4 is 10.4 Å². The van der Waals surface area contributed by atoms with Crippen molar-refractivity contribution in [2.24, 2.45) is 0 Å². The van der Waals surface area contributed by atoms with Crippen molar-refractivity contribution in [1.82, 2.24) is 0 Å². The molecule has 0 N–H and O–H groups in total. The third-order valence-electron chi connectivity index (χ3n) is 3.26. The van der Waals surface area contributed by atoms with Gasteiger partial charge in [0.15, 0.2) is 0 Å². The molecule has 0 saturated carbocycles. The van der Waals surface area contributed by atoms with Gasteiger partial charge in [0.1, 0.15) is 17.9 Å². The van der Waals surface area contributed by atoms with Crippen LogP contribution in [0.3, 0.4) is 0 Å². The van der Waals surface area contributed by atoms with Crippen LogP contribution in [-0.2, 0) is 6.61 Å². The summed E-state index contributed by atoms with van der Waals surface area (Å²) >= 11 is 11.9. The summed E-state index contributed by atoms with van der Waals surface area (Å²) in [5.41, 5.74) is 1.92. The summed E-state index contributed by atoms with van der Waals surface area (Å²) in [5, 5.41) is 1.81. The minimum Gasteiger partial charge on any atom is -0.487 e. The van der Waals surface area contributed by atoms with Crippen LogP contribution in [0.5, 0.6) is 5.75 Å². The highest BCUT2D eigenvalue weighted by molar-refractivity contribution is 6.35. The lowest BCUT2D eigenvalue weighted by atomic mass is 10.1. The molecule has 0 saturated heterocycles. The molecule has 3 aromatic rings. The minimum atomic E-state index is -0.404. The second-order valence-electron chi connectivity index (χ2n) is 4.95. The molecule has 0 aliphatic rings. The summed E-state index contributed by atoms with van der Waals surface area (Å²) in [6, 6.07) is 12.1. The number of aryl methyl sites for hydroxylation is 1. The monoisotopic (exact) mass is 334 g/mol. The van der Waals surface area contributed by atoms with E-state index in [9.17, 15) is 4.79 Å². The average Bonchev–Trinajstić information content (AvgIpc) is 2.45. The highest BCUT2D eigenvalue weighted by Gasteiger charge is 2.08. The Morgan fingerprint density at radius 3 is 2.68 bits per heavy atom. The topological polar surface area (TPSA) is 39.4 Å². The number of hydrogen-bond acceptors (Lipinski definition) is 3. The van der Waals surface area contributed by atoms with E-state index in [0.29, 0.717) is 21.4 Å². The van der Waals surface area contributed by atoms with Crippen molar-refractivity contribution in [2.45, 2.75) is 13.5 Å². The van der Waals surface area contributed by atoms with Crippen molar-refractivity contribution in [3.8, 4) is 5.75 Å². The fraction of sp³-hybridized carbons (Fsp3) is 0.118. The summed E-state index contributed by atoms with van der Waals surface area (Å²) < 4.78 is 10.9. The van der Waals surface area contributed by atoms with Crippen molar-refractivity contribution >= 4 is 34.2 Å². The lowest BCUT2D eigenvalue weighted by Gasteiger charge is -2.10. The van der Waals surface area contributed by atoms with Gasteiger partial charge in [-0.15, -0.1) is 0 Å². The van der Waals surface area contributed by atoms with E-state index in [4.69, 9.17) is 32.4 Å². The molecule has 2 aromatic carbocycles. The number of rotatable bonds is 3. The molecule has 0 fully saturated rings. The van der Waals surface area contributed by atoms with Crippen LogP contribution in [0.4, 0.5) is 0 Å². The lowest BCUT2D eigenvalue weighted by Crippen LogP contribution is -2.04. The molecule has 3 nitrogen and oxygen atoms in total. The van der Waals surface area contributed by atoms with Crippen molar-refractivity contribution < 1.29 is 9.15 Å². The average molecular weight is 335 g/mol. The standard InChI is InChI=1S/C17H12Cl2O3/c1-10-2-4-13-11(7-17(20)22-16(13)6-10)9-21-15-5-3-12(18)8-14(15)19/h2-8H,9H2,1H3. The largest absolute Gasteiger partial charge is 0.487 e. The first kappa shape index (κ1) is 14.9. The Kier molecular flexibility index (Phi) is 4.10. The van der Waals surface area contributed by atoms with E-state index in [1.165, 1.54) is 6.07 Å². The molecule has 0 unspecified atom stereocenters. The molecule has 0 radical (unpaired) electrons. The van der Waals surface area contributed by atoms with Gasteiger partial charge in [-0.2, -0.15) is 0 Å². The molecule has 0 aliphatic heterocycles. The van der Waals surface area contributed by atoms with E-state index >= 15 is 0 Å². The van der Waals surface area contributed by atoms with Gasteiger partial charge in [0.2, 0.25) is 0 Å². The summed E-state index contributed by atoms with van der Waals surface area (Å²) in [5.74, 6) is 0.513. The molecule has 0 atom stereocenters. The van der Waals surface area contributed by atoms with E-state index in [0.717, 1.165) is 16.5 Å². The number of halogens is 2. The Bertz CT molecular complexity index is 900. The first-order valence-corrected chi connectivity index (χ1v) is 7.40. The van der Waals surface area contributed by atoms with Crippen molar-refractivity contribution in [3.63, 3.8) is 0 Å². The van der Waals surface area contributed by atoms with Crippen LogP contribution in [-0.4, -0.2) is 0 Å². The van der Waals surface area contributed by atoms with Gasteiger partial charge in [-0.1, -0.05) is 35.3 Å². The quantitative estimate of drug-likeness (QED) is 0.633. The van der Waals surface area contributed by atoms with Crippen LogP contribution in [0.1, 0.15) is 11.1 Å². The maximum atomic E-state index is 11.7. The van der Waals surface area contributed by atoms with Crippen molar-refractivity contribution in [1.29, 1.82) is 0 Å². The van der Waals surface area contributed by atoms with E-state index in [1.807, 2.05) is 25.1 Å². The van der Waals surface area contributed by atoms with Gasteiger partial charge < -0.3 is 9.15 Å². The molecule has 0 amide bonds. The van der Waals surface area contributed by atoms with Gasteiger partial charge in [-0.3, -0.25) is 0 Å². The number of hydrogen-bond donors (Lipinski definition) is 0. The summed E-state index contributed by atoms with van der Waals surface area (Å²) in [7, 11) is 0. The highest BCUT2D eigenvalue weighted by atomic mass is 35.5. The number of fused-ring (bicyclic) bond motifs is 1. The van der Waals surface area contributed by atoms with Crippen LogP contribution in [0.2, 0.25) is 10.0 Å². The van der Waals surface area contributed by atoms with Crippen molar-refractivity contribution in [2.75, 3.05) is 0 Å². The van der Waals surface area contributed by atoms with Gasteiger partial charge >= 0.3 is 5.63 Å². The number of benzene rings is 2. The van der Waals surface area contributed by atoms with Gasteiger partial charge in [0.05, 0.1) is 5.02 Å². The van der Waals surface area contributed by atoms with Crippen LogP contribution >= 0.6 is 23.2 Å². The second kappa shape index (κ2) is 6.03. The molecule has 0 bridgehead atoms. The Balaban J connectivity index is 1.95. The van der Waals surface area contributed by atoms with Gasteiger partial charge in [-0.05, 0) is 36.8 Å². The molecule has 3 rings (SSSR count). The third kappa shape index (κ3) is 3.11. The molecule has 0 spiro atoms. The molecule has 1 heterocycles.